The molecule has 1 unspecified atom stereocenters. The predicted octanol–water partition coefficient (Wildman–Crippen LogP) is 4.11. The molecule has 0 aromatic heterocycles. The van der Waals surface area contributed by atoms with Gasteiger partial charge in [-0.15, -0.1) is 0 Å². The van der Waals surface area contributed by atoms with E-state index in [0.717, 1.165) is 0 Å². The van der Waals surface area contributed by atoms with Crippen molar-refractivity contribution < 1.29 is 32.7 Å². The van der Waals surface area contributed by atoms with E-state index in [0.29, 0.717) is 9.62 Å². The van der Waals surface area contributed by atoms with E-state index in [9.17, 15) is 0 Å². The molecule has 0 N–H and O–H groups in total. The van der Waals surface area contributed by atoms with Crippen molar-refractivity contribution in [3.63, 3.8) is 0 Å². The van der Waals surface area contributed by atoms with E-state index in [4.69, 9.17) is 0 Å². The molecule has 1 nitrogen and oxygen atoms in total. The number of hydrogen-bond acceptors (Lipinski definition) is 1. The molecule has 0 aromatic rings. The molecule has 0 bridgehead atoms. The van der Waals surface area contributed by atoms with Crippen LogP contribution in [0, 0.1) is 13.8 Å². The molecule has 1 aliphatic carbocycles. The summed E-state index contributed by atoms with van der Waals surface area (Å²) in [6, 6.07) is 0. The van der Waals surface area contributed by atoms with Crippen molar-refractivity contribution in [2.24, 2.45) is 0 Å². The maximum atomic E-state index is 4.59. The zero-order valence-electron chi connectivity index (χ0n) is 13.0. The van der Waals surface area contributed by atoms with Gasteiger partial charge in [-0.3, -0.25) is 4.90 Å². The topological polar surface area (TPSA) is 3.24 Å². The molecule has 1 radical (unpaired) electrons. The summed E-state index contributed by atoms with van der Waals surface area (Å²) < 4.78 is 0.319. The molecule has 1 heterocycles. The van der Waals surface area contributed by atoms with Crippen LogP contribution in [0.5, 0.6) is 0 Å². The summed E-state index contributed by atoms with van der Waals surface area (Å²) in [5.41, 5.74) is 0.259. The summed E-state index contributed by atoms with van der Waals surface area (Å²) in [7, 11) is 2.55. The van der Waals surface area contributed by atoms with Crippen LogP contribution in [0.15, 0.2) is 0 Å². The van der Waals surface area contributed by atoms with E-state index < -0.39 is 0 Å². The molecule has 2 aliphatic rings. The van der Waals surface area contributed by atoms with Gasteiger partial charge < -0.3 is 13.8 Å². The van der Waals surface area contributed by atoms with Gasteiger partial charge in [0, 0.05) is 43.0 Å². The molecule has 3 heteroatoms. The number of nitrogens with zero attached hydrogens (tertiary/aromatic N) is 1. The first-order valence-electron chi connectivity index (χ1n) is 6.36. The van der Waals surface area contributed by atoms with Gasteiger partial charge in [-0.25, -0.2) is 0 Å². The Kier molecular flexibility index (Phi) is 6.38. The van der Waals surface area contributed by atoms with Gasteiger partial charge in [-0.05, 0) is 34.7 Å². The molecule has 1 spiro atoms. The third kappa shape index (κ3) is 2.34. The average molecular weight is 344 g/mol. The minimum atomic E-state index is 0. The van der Waals surface area contributed by atoms with Crippen LogP contribution in [0.4, 0.5) is 0 Å². The Bertz CT molecular complexity index is 316. The first-order valence-corrected chi connectivity index (χ1v) is 7.76. The van der Waals surface area contributed by atoms with Gasteiger partial charge in [0.15, 0.2) is 0 Å². The van der Waals surface area contributed by atoms with Gasteiger partial charge in [0.2, 0.25) is 0 Å². The van der Waals surface area contributed by atoms with Crippen molar-refractivity contribution in [1.82, 2.24) is 4.90 Å². The van der Waals surface area contributed by atoms with Crippen molar-refractivity contribution in [3.05, 3.63) is 13.8 Å². The fourth-order valence-corrected chi connectivity index (χ4v) is 6.34. The van der Waals surface area contributed by atoms with E-state index >= 15 is 0 Å². The SMILES string of the molecule is C=S1C2(CC[CH-]CC2)N(C)C(C)(C)C1(C)C.[CH3-].[Y]. The van der Waals surface area contributed by atoms with Crippen LogP contribution in [0.2, 0.25) is 0 Å². The normalized spacial score (nSPS) is 32.6. The van der Waals surface area contributed by atoms with Crippen molar-refractivity contribution in [2.45, 2.75) is 68.5 Å². The van der Waals surface area contributed by atoms with Gasteiger partial charge in [0.05, 0.1) is 4.87 Å². The van der Waals surface area contributed by atoms with Gasteiger partial charge in [-0.2, -0.15) is 23.3 Å². The second-order valence-electron chi connectivity index (χ2n) is 6.33. The zero-order valence-corrected chi connectivity index (χ0v) is 16.7. The van der Waals surface area contributed by atoms with Gasteiger partial charge in [0.25, 0.3) is 0 Å². The summed E-state index contributed by atoms with van der Waals surface area (Å²) in [4.78, 5) is 3.03. The number of hydrogen-bond donors (Lipinski definition) is 0. The van der Waals surface area contributed by atoms with Crippen molar-refractivity contribution >= 4 is 16.4 Å². The fraction of sp³-hybridized carbons (Fsp3) is 0.800. The molecule has 1 atom stereocenters. The molecule has 2 rings (SSSR count). The summed E-state index contributed by atoms with van der Waals surface area (Å²) >= 11 is 0. The quantitative estimate of drug-likeness (QED) is 0.472. The van der Waals surface area contributed by atoms with Crippen LogP contribution >= 0.6 is 10.5 Å². The maximum Gasteiger partial charge on any atom is 0.0575 e. The summed E-state index contributed by atoms with van der Waals surface area (Å²) in [6.07, 6.45) is 7.62. The van der Waals surface area contributed by atoms with Crippen molar-refractivity contribution in [1.29, 1.82) is 0 Å². The van der Waals surface area contributed by atoms with Crippen LogP contribution in [-0.4, -0.2) is 33.0 Å². The molecule has 105 valence electrons. The summed E-state index contributed by atoms with van der Waals surface area (Å²) in [5.74, 6) is 4.59. The molecule has 0 amide bonds. The molecule has 1 saturated heterocycles. The Labute approximate surface area is 142 Å². The molecular formula is C15H29NSY-2. The minimum Gasteiger partial charge on any atom is -0.358 e. The van der Waals surface area contributed by atoms with Crippen LogP contribution in [0.3, 0.4) is 0 Å². The third-order valence-corrected chi connectivity index (χ3v) is 8.81. The molecule has 1 aliphatic heterocycles. The fourth-order valence-electron chi connectivity index (χ4n) is 3.36. The molecular weight excluding hydrogens is 315 g/mol. The Balaban J connectivity index is 0.00000144. The van der Waals surface area contributed by atoms with Crippen LogP contribution in [-0.2, 0) is 32.7 Å². The Hall–Kier alpha value is 1.28. The second kappa shape index (κ2) is 5.96. The van der Waals surface area contributed by atoms with Crippen molar-refractivity contribution in [2.75, 3.05) is 7.05 Å². The Morgan fingerprint density at radius 2 is 1.56 bits per heavy atom. The van der Waals surface area contributed by atoms with Gasteiger partial charge in [0.1, 0.15) is 0 Å². The van der Waals surface area contributed by atoms with E-state index in [-0.39, 0.29) is 56.2 Å². The summed E-state index contributed by atoms with van der Waals surface area (Å²) in [5, 5.41) is 0. The minimum absolute atomic E-state index is 0. The summed E-state index contributed by atoms with van der Waals surface area (Å²) in [6.45, 7) is 9.61. The predicted molar refractivity (Wildman–Crippen MR) is 82.5 cm³/mol. The smallest absolute Gasteiger partial charge is 0.0575 e. The van der Waals surface area contributed by atoms with E-state index in [1.165, 1.54) is 25.7 Å². The maximum absolute atomic E-state index is 4.59. The van der Waals surface area contributed by atoms with Crippen molar-refractivity contribution in [3.8, 4) is 0 Å². The standard InChI is InChI=1S/C14H26NS.CH3.Y/c1-12(2)13(3,4)16(6)14(15(12)5)10-8-7-9-11-14;;/h7H,6,8-11H2,1-5H3;1H3;/q2*-1;. The number of rotatable bonds is 0. The van der Waals surface area contributed by atoms with Gasteiger partial charge in [-0.1, -0.05) is 18.7 Å². The van der Waals surface area contributed by atoms with Crippen LogP contribution in [0.25, 0.3) is 0 Å². The Morgan fingerprint density at radius 3 is 1.89 bits per heavy atom. The van der Waals surface area contributed by atoms with Gasteiger partial charge >= 0.3 is 0 Å². The van der Waals surface area contributed by atoms with E-state index in [1.54, 1.807) is 0 Å². The molecule has 0 aromatic carbocycles. The molecule has 18 heavy (non-hydrogen) atoms. The van der Waals surface area contributed by atoms with E-state index in [2.05, 4.69) is 51.9 Å². The molecule has 2 fully saturated rings. The second-order valence-corrected chi connectivity index (χ2v) is 8.89. The Morgan fingerprint density at radius 1 is 1.11 bits per heavy atom. The van der Waals surface area contributed by atoms with Crippen LogP contribution in [0.1, 0.15) is 53.4 Å². The average Bonchev–Trinajstić information content (AvgIpc) is 2.34. The molecule has 1 saturated carbocycles. The third-order valence-electron chi connectivity index (χ3n) is 5.48. The monoisotopic (exact) mass is 344 g/mol. The first-order chi connectivity index (χ1) is 7.27. The van der Waals surface area contributed by atoms with E-state index in [1.807, 2.05) is 0 Å². The first kappa shape index (κ1) is 19.3. The zero-order chi connectivity index (χ0) is 12.2. The largest absolute Gasteiger partial charge is 0.358 e. The van der Waals surface area contributed by atoms with Crippen LogP contribution < -0.4 is 0 Å².